The number of fused-ring (bicyclic) bond motifs is 1. The molecule has 2 aromatic heterocycles. The van der Waals surface area contributed by atoms with Crippen LogP contribution in [0.1, 0.15) is 16.7 Å². The molecule has 1 N–H and O–H groups in total. The molecule has 2 amide bonds. The number of rotatable bonds is 8. The van der Waals surface area contributed by atoms with E-state index in [2.05, 4.69) is 15.3 Å². The summed E-state index contributed by atoms with van der Waals surface area (Å²) in [4.78, 5) is 36.7. The van der Waals surface area contributed by atoms with Crippen LogP contribution < -0.4 is 15.0 Å². The molecular formula is C27H29N5O3. The highest BCUT2D eigenvalue weighted by atomic mass is 16.5. The second-order valence-corrected chi connectivity index (χ2v) is 8.56. The van der Waals surface area contributed by atoms with Gasteiger partial charge in [0.1, 0.15) is 12.6 Å². The Hall–Kier alpha value is -4.20. The van der Waals surface area contributed by atoms with Gasteiger partial charge in [-0.2, -0.15) is 0 Å². The summed E-state index contributed by atoms with van der Waals surface area (Å²) in [5, 5.41) is 2.94. The van der Waals surface area contributed by atoms with Crippen LogP contribution in [0.5, 0.6) is 5.88 Å². The number of nitrogens with zero attached hydrogens (tertiary/aromatic N) is 4. The molecule has 0 fully saturated rings. The zero-order valence-electron chi connectivity index (χ0n) is 20.4. The quantitative estimate of drug-likeness (QED) is 0.425. The summed E-state index contributed by atoms with van der Waals surface area (Å²) < 4.78 is 6.91. The molecule has 0 saturated carbocycles. The number of hydrogen-bond donors (Lipinski definition) is 1. The number of nitrogens with one attached hydrogen (secondary N) is 1. The van der Waals surface area contributed by atoms with Gasteiger partial charge in [0.05, 0.1) is 36.4 Å². The van der Waals surface area contributed by atoms with E-state index in [4.69, 9.17) is 4.74 Å². The Labute approximate surface area is 204 Å². The van der Waals surface area contributed by atoms with E-state index in [9.17, 15) is 9.59 Å². The van der Waals surface area contributed by atoms with Crippen LogP contribution >= 0.6 is 0 Å². The minimum Gasteiger partial charge on any atom is -0.481 e. The number of carbonyl (C=O) groups is 2. The molecule has 8 nitrogen and oxygen atoms in total. The first-order valence-electron chi connectivity index (χ1n) is 11.4. The largest absolute Gasteiger partial charge is 0.481 e. The summed E-state index contributed by atoms with van der Waals surface area (Å²) in [7, 11) is 3.21. The highest BCUT2D eigenvalue weighted by molar-refractivity contribution is 5.99. The Balaban J connectivity index is 1.54. The third kappa shape index (κ3) is 5.48. The van der Waals surface area contributed by atoms with Crippen LogP contribution in [-0.2, 0) is 22.6 Å². The smallest absolute Gasteiger partial charge is 0.249 e. The molecular weight excluding hydrogens is 442 g/mol. The summed E-state index contributed by atoms with van der Waals surface area (Å²) in [5.74, 6) is -0.0454. The standard InChI is InChI=1S/C27H29N5O3/c1-18-12-22-24(13-19(18)2)32(17-29-22)16-25(33)30-23(14-20-8-6-5-7-9-20)27(34)31(3)21-10-11-26(35-4)28-15-21/h5-13,15,17,23H,14,16H2,1-4H3,(H,30,33)/t23-/m0/s1. The van der Waals surface area contributed by atoms with Crippen LogP contribution in [0.2, 0.25) is 0 Å². The molecule has 8 heteroatoms. The van der Waals surface area contributed by atoms with E-state index in [1.165, 1.54) is 12.0 Å². The molecule has 1 atom stereocenters. The monoisotopic (exact) mass is 471 g/mol. The summed E-state index contributed by atoms with van der Waals surface area (Å²) in [6.45, 7) is 4.13. The van der Waals surface area contributed by atoms with Crippen molar-refractivity contribution in [3.63, 3.8) is 0 Å². The Morgan fingerprint density at radius 2 is 1.80 bits per heavy atom. The van der Waals surface area contributed by atoms with Gasteiger partial charge in [-0.05, 0) is 48.7 Å². The van der Waals surface area contributed by atoms with Crippen molar-refractivity contribution in [2.24, 2.45) is 0 Å². The molecule has 4 aromatic rings. The Morgan fingerprint density at radius 1 is 1.06 bits per heavy atom. The normalized spacial score (nSPS) is 11.8. The third-order valence-corrected chi connectivity index (χ3v) is 6.11. The molecule has 0 unspecified atom stereocenters. The number of likely N-dealkylation sites (N-methyl/N-ethyl adjacent to an activating group) is 1. The van der Waals surface area contributed by atoms with Gasteiger partial charge in [-0.1, -0.05) is 30.3 Å². The van der Waals surface area contributed by atoms with Gasteiger partial charge >= 0.3 is 0 Å². The minimum atomic E-state index is -0.754. The van der Waals surface area contributed by atoms with E-state index in [-0.39, 0.29) is 18.4 Å². The number of imidazole rings is 1. The van der Waals surface area contributed by atoms with Gasteiger partial charge < -0.3 is 19.5 Å². The molecule has 0 spiro atoms. The van der Waals surface area contributed by atoms with Crippen molar-refractivity contribution in [1.29, 1.82) is 0 Å². The molecule has 0 saturated heterocycles. The van der Waals surface area contributed by atoms with Gasteiger partial charge in [-0.25, -0.2) is 9.97 Å². The molecule has 0 aliphatic rings. The fourth-order valence-electron chi connectivity index (χ4n) is 3.94. The average Bonchev–Trinajstić information content (AvgIpc) is 3.24. The zero-order chi connectivity index (χ0) is 24.9. The number of methoxy groups -OCH3 is 1. The minimum absolute atomic E-state index is 0.0609. The number of aryl methyl sites for hydroxylation is 2. The maximum absolute atomic E-state index is 13.5. The van der Waals surface area contributed by atoms with Crippen molar-refractivity contribution in [3.8, 4) is 5.88 Å². The molecule has 35 heavy (non-hydrogen) atoms. The molecule has 0 bridgehead atoms. The van der Waals surface area contributed by atoms with Crippen molar-refractivity contribution in [2.75, 3.05) is 19.1 Å². The fraction of sp³-hybridized carbons (Fsp3) is 0.259. The van der Waals surface area contributed by atoms with Gasteiger partial charge in [-0.3, -0.25) is 9.59 Å². The number of hydrogen-bond acceptors (Lipinski definition) is 5. The van der Waals surface area contributed by atoms with Crippen LogP contribution in [-0.4, -0.2) is 46.5 Å². The number of anilines is 1. The van der Waals surface area contributed by atoms with Crippen LogP contribution in [0.25, 0.3) is 11.0 Å². The highest BCUT2D eigenvalue weighted by Gasteiger charge is 2.26. The maximum atomic E-state index is 13.5. The van der Waals surface area contributed by atoms with Gasteiger partial charge in [-0.15, -0.1) is 0 Å². The van der Waals surface area contributed by atoms with Gasteiger partial charge in [0.15, 0.2) is 0 Å². The number of pyridine rings is 1. The predicted molar refractivity (Wildman–Crippen MR) is 135 cm³/mol. The van der Waals surface area contributed by atoms with E-state index in [1.54, 1.807) is 36.3 Å². The SMILES string of the molecule is COc1ccc(N(C)C(=O)[C@H](Cc2ccccc2)NC(=O)Cn2cnc3cc(C)c(C)cc32)cn1. The lowest BCUT2D eigenvalue weighted by molar-refractivity contribution is -0.127. The number of aromatic nitrogens is 3. The van der Waals surface area contributed by atoms with Gasteiger partial charge in [0.25, 0.3) is 0 Å². The molecule has 0 aliphatic heterocycles. The van der Waals surface area contributed by atoms with E-state index in [0.717, 1.165) is 27.7 Å². The van der Waals surface area contributed by atoms with Crippen molar-refractivity contribution in [2.45, 2.75) is 32.9 Å². The van der Waals surface area contributed by atoms with Crippen molar-refractivity contribution in [3.05, 3.63) is 83.8 Å². The van der Waals surface area contributed by atoms with Crippen LogP contribution in [0.3, 0.4) is 0 Å². The second kappa shape index (κ2) is 10.4. The molecule has 4 rings (SSSR count). The Kier molecular flexibility index (Phi) is 7.10. The number of ether oxygens (including phenoxy) is 1. The second-order valence-electron chi connectivity index (χ2n) is 8.56. The third-order valence-electron chi connectivity index (χ3n) is 6.11. The highest BCUT2D eigenvalue weighted by Crippen LogP contribution is 2.19. The number of carbonyl (C=O) groups excluding carboxylic acids is 2. The van der Waals surface area contributed by atoms with Crippen molar-refractivity contribution in [1.82, 2.24) is 19.9 Å². The average molecular weight is 472 g/mol. The topological polar surface area (TPSA) is 89.4 Å². The molecule has 0 radical (unpaired) electrons. The van der Waals surface area contributed by atoms with E-state index in [1.807, 2.05) is 56.3 Å². The Morgan fingerprint density at radius 3 is 2.49 bits per heavy atom. The Bertz CT molecular complexity index is 1330. The lowest BCUT2D eigenvalue weighted by Gasteiger charge is -2.25. The van der Waals surface area contributed by atoms with Gasteiger partial charge in [0.2, 0.25) is 17.7 Å². The van der Waals surface area contributed by atoms with Crippen LogP contribution in [0, 0.1) is 13.8 Å². The lowest BCUT2D eigenvalue weighted by atomic mass is 10.0. The van der Waals surface area contributed by atoms with E-state index in [0.29, 0.717) is 18.0 Å². The fourth-order valence-corrected chi connectivity index (χ4v) is 3.94. The first kappa shape index (κ1) is 23.9. The van der Waals surface area contributed by atoms with Crippen LogP contribution in [0.4, 0.5) is 5.69 Å². The summed E-state index contributed by atoms with van der Waals surface area (Å²) in [6.07, 6.45) is 3.59. The van der Waals surface area contributed by atoms with Crippen molar-refractivity contribution < 1.29 is 14.3 Å². The van der Waals surface area contributed by atoms with E-state index < -0.39 is 6.04 Å². The first-order chi connectivity index (χ1) is 16.9. The van der Waals surface area contributed by atoms with Gasteiger partial charge in [0, 0.05) is 19.5 Å². The maximum Gasteiger partial charge on any atom is 0.249 e. The molecule has 2 heterocycles. The zero-order valence-corrected chi connectivity index (χ0v) is 20.4. The summed E-state index contributed by atoms with van der Waals surface area (Å²) >= 11 is 0. The molecule has 180 valence electrons. The summed E-state index contributed by atoms with van der Waals surface area (Å²) in [5.41, 5.74) is 5.56. The van der Waals surface area contributed by atoms with Crippen LogP contribution in [0.15, 0.2) is 67.1 Å². The van der Waals surface area contributed by atoms with E-state index >= 15 is 0 Å². The molecule has 2 aromatic carbocycles. The van der Waals surface area contributed by atoms with Crippen molar-refractivity contribution >= 4 is 28.5 Å². The number of benzene rings is 2. The number of amides is 2. The first-order valence-corrected chi connectivity index (χ1v) is 11.4. The summed E-state index contributed by atoms with van der Waals surface area (Å²) in [6, 6.07) is 16.4. The lowest BCUT2D eigenvalue weighted by Crippen LogP contribution is -2.49. The predicted octanol–water partition coefficient (Wildman–Crippen LogP) is 3.45. The molecule has 0 aliphatic carbocycles.